The Labute approximate surface area is 428 Å². The van der Waals surface area contributed by atoms with Gasteiger partial charge in [0.25, 0.3) is 0 Å². The lowest BCUT2D eigenvalue weighted by molar-refractivity contribution is -0.141. The first-order valence-electron chi connectivity index (χ1n) is 21.1. The number of nitrogens with zero attached hydrogens (tertiary/aromatic N) is 2. The van der Waals surface area contributed by atoms with Crippen LogP contribution >= 0.6 is 50.5 Å². The molecule has 400 valence electrons. The van der Waals surface area contributed by atoms with Gasteiger partial charge in [-0.3, -0.25) is 62.7 Å². The van der Waals surface area contributed by atoms with Gasteiger partial charge in [0, 0.05) is 36.1 Å². The van der Waals surface area contributed by atoms with Crippen LogP contribution in [0.4, 0.5) is 0 Å². The Morgan fingerprint density at radius 3 is 1.06 bits per heavy atom. The molecule has 0 radical (unpaired) electrons. The Bertz CT molecular complexity index is 1960. The van der Waals surface area contributed by atoms with E-state index in [1.807, 2.05) is 0 Å². The fraction of sp³-hybridized carbons (Fsp3) is 0.611. The highest BCUT2D eigenvalue weighted by Gasteiger charge is 2.33. The highest BCUT2D eigenvalue weighted by molar-refractivity contribution is 7.80. The molecular weight excluding hydrogens is 1020 g/mol. The summed E-state index contributed by atoms with van der Waals surface area (Å²) in [4.78, 5) is 160. The van der Waals surface area contributed by atoms with Crippen LogP contribution in [0, 0.1) is 0 Å². The van der Waals surface area contributed by atoms with E-state index < -0.39 is 157 Å². The molecule has 31 nitrogen and oxygen atoms in total. The Morgan fingerprint density at radius 2 is 0.746 bits per heavy atom. The fourth-order valence-corrected chi connectivity index (χ4v) is 6.39. The van der Waals surface area contributed by atoms with E-state index in [1.54, 1.807) is 0 Å². The highest BCUT2D eigenvalue weighted by atomic mass is 32.1. The van der Waals surface area contributed by atoms with E-state index >= 15 is 0 Å². The number of carboxylic acids is 1. The summed E-state index contributed by atoms with van der Waals surface area (Å²) in [5.41, 5.74) is 37.5. The van der Waals surface area contributed by atoms with Crippen molar-refractivity contribution in [2.45, 2.75) is 86.9 Å². The number of hydrogen-bond acceptors (Lipinski definition) is 19. The van der Waals surface area contributed by atoms with Gasteiger partial charge >= 0.3 is 5.97 Å². The third-order valence-corrected chi connectivity index (χ3v) is 10.6. The third-order valence-electron chi connectivity index (χ3n) is 9.08. The Balaban J connectivity index is 5.98. The topological polar surface area (TPSA) is 540 Å². The van der Waals surface area contributed by atoms with Gasteiger partial charge < -0.3 is 93.1 Å². The smallest absolute Gasteiger partial charge is 0.327 e. The lowest BCUT2D eigenvalue weighted by Crippen LogP contribution is -2.60. The minimum absolute atomic E-state index is 0.00564. The number of amides is 11. The summed E-state index contributed by atoms with van der Waals surface area (Å²) in [5.74, 6) is -14.0. The van der Waals surface area contributed by atoms with Crippen LogP contribution < -0.4 is 88.0 Å². The van der Waals surface area contributed by atoms with Crippen LogP contribution in [-0.2, 0) is 57.5 Å². The normalized spacial score (nSPS) is 14.0. The number of nitrogens with one attached hydrogen (secondary N) is 9. The zero-order valence-electron chi connectivity index (χ0n) is 38.1. The quantitative estimate of drug-likeness (QED) is 0.0121. The predicted octanol–water partition coefficient (Wildman–Crippen LogP) is -10.4. The summed E-state index contributed by atoms with van der Waals surface area (Å²) in [6.45, 7) is -1.59. The molecule has 11 amide bonds. The number of guanidine groups is 2. The van der Waals surface area contributed by atoms with Crippen LogP contribution in [0.3, 0.4) is 0 Å². The number of rotatable bonds is 35. The number of hydrogen-bond donors (Lipinski definition) is 21. The monoisotopic (exact) mass is 1080 g/mol. The molecule has 0 rings (SSSR count). The van der Waals surface area contributed by atoms with E-state index in [9.17, 15) is 62.6 Å². The molecule has 0 aliphatic rings. The number of aliphatic carboxylic acids is 1. The molecule has 71 heavy (non-hydrogen) atoms. The number of aliphatic imine (C=N–C) groups is 2. The van der Waals surface area contributed by atoms with E-state index in [1.165, 1.54) is 0 Å². The second kappa shape index (κ2) is 34.8. The third kappa shape index (κ3) is 27.5. The Kier molecular flexibility index (Phi) is 31.6. The number of carboxylic acid groups (broad SMARTS) is 1. The first kappa shape index (κ1) is 64.5. The van der Waals surface area contributed by atoms with Gasteiger partial charge in [-0.15, -0.1) is 0 Å². The molecule has 0 aliphatic carbocycles. The molecule has 0 aliphatic heterocycles. The minimum atomic E-state index is -1.74. The molecule has 0 spiro atoms. The van der Waals surface area contributed by atoms with Gasteiger partial charge in [0.1, 0.15) is 42.3 Å². The van der Waals surface area contributed by atoms with Crippen LogP contribution in [0.5, 0.6) is 0 Å². The van der Waals surface area contributed by atoms with Gasteiger partial charge in [-0.05, 0) is 25.7 Å². The lowest BCUT2D eigenvalue weighted by atomic mass is 10.1. The van der Waals surface area contributed by atoms with Gasteiger partial charge in [0.2, 0.25) is 65.0 Å². The largest absolute Gasteiger partial charge is 0.480 e. The summed E-state index contributed by atoms with van der Waals surface area (Å²) in [6, 6.07) is -11.7. The second-order valence-electron chi connectivity index (χ2n) is 14.9. The molecule has 0 aromatic carbocycles. The zero-order chi connectivity index (χ0) is 54.4. The van der Waals surface area contributed by atoms with Crippen LogP contribution in [0.15, 0.2) is 9.98 Å². The maximum atomic E-state index is 13.5. The zero-order valence-corrected chi connectivity index (χ0v) is 41.7. The number of thiol groups is 4. The van der Waals surface area contributed by atoms with E-state index in [0.29, 0.717) is 0 Å². The van der Waals surface area contributed by atoms with Crippen molar-refractivity contribution >= 4 is 133 Å². The fourth-order valence-electron chi connectivity index (χ4n) is 5.46. The van der Waals surface area contributed by atoms with Crippen LogP contribution in [0.2, 0.25) is 0 Å². The van der Waals surface area contributed by atoms with Crippen molar-refractivity contribution in [3.05, 3.63) is 0 Å². The standard InChI is InChI=1S/C36H64N18O13S4/c37-15(11-68)27(59)50-18(7-23(38)55)28(60)46-9-25(57)48-16(3-1-5-44-35(40)41)30(62)52-21(13-70)33(65)53-20(12-69)32(64)51-19(8-24(39)56)29(61)47-10-26(58)49-17(4-2-6-45-36(42)43)31(63)54-22(14-71)34(66)67/h15-22,68-71H,1-14,37H2,(H2,38,55)(H2,39,56)(H,46,60)(H,47,61)(H,48,57)(H,49,58)(H,50,59)(H,51,64)(H,52,62)(H,53,65)(H,54,63)(H,66,67)(H4,40,41,44)(H4,42,43,45)/t15-,16-,17-,18-,19-,20-,21-,22-/m0/s1. The van der Waals surface area contributed by atoms with Crippen molar-refractivity contribution < 1.29 is 62.6 Å². The molecule has 0 saturated carbocycles. The average molecular weight is 1090 g/mol. The summed E-state index contributed by atoms with van der Waals surface area (Å²) in [5, 5.41) is 29.8. The van der Waals surface area contributed by atoms with E-state index in [-0.39, 0.29) is 62.2 Å². The minimum Gasteiger partial charge on any atom is -0.480 e. The molecule has 35 heteroatoms. The van der Waals surface area contributed by atoms with Crippen molar-refractivity contribution in [3.63, 3.8) is 0 Å². The SMILES string of the molecule is NC(=O)C[C@H](NC(=O)[C@H](CS)NC(=O)[C@H](CS)NC(=O)[C@H](CCCN=C(N)N)NC(=O)CNC(=O)[C@H](CC(N)=O)NC(=O)[C@@H](N)CS)C(=O)NCC(=O)N[C@@H](CCCN=C(N)N)C(=O)N[C@@H](CS)C(=O)O. The first-order valence-corrected chi connectivity index (χ1v) is 23.6. The second-order valence-corrected chi connectivity index (χ2v) is 16.4. The van der Waals surface area contributed by atoms with Crippen molar-refractivity contribution in [2.24, 2.45) is 50.1 Å². The number of nitrogens with two attached hydrogens (primary N) is 7. The predicted molar refractivity (Wildman–Crippen MR) is 268 cm³/mol. The van der Waals surface area contributed by atoms with Crippen LogP contribution in [0.25, 0.3) is 0 Å². The molecule has 0 bridgehead atoms. The summed E-state index contributed by atoms with van der Waals surface area (Å²) in [7, 11) is 0. The molecule has 8 atom stereocenters. The van der Waals surface area contributed by atoms with E-state index in [0.717, 1.165) is 0 Å². The number of carbonyl (C=O) groups is 12. The number of primary amides is 2. The molecule has 24 N–H and O–H groups in total. The summed E-state index contributed by atoms with van der Waals surface area (Å²) < 4.78 is 0. The highest BCUT2D eigenvalue weighted by Crippen LogP contribution is 2.05. The van der Waals surface area contributed by atoms with Crippen molar-refractivity contribution in [1.29, 1.82) is 0 Å². The number of carbonyl (C=O) groups excluding carboxylic acids is 11. The molecule has 0 saturated heterocycles. The summed E-state index contributed by atoms with van der Waals surface area (Å²) in [6.07, 6.45) is -1.46. The van der Waals surface area contributed by atoms with Gasteiger partial charge in [-0.1, -0.05) is 0 Å². The molecule has 0 unspecified atom stereocenters. The van der Waals surface area contributed by atoms with E-state index in [2.05, 4.69) is 108 Å². The van der Waals surface area contributed by atoms with Crippen LogP contribution in [-0.4, -0.2) is 185 Å². The first-order chi connectivity index (χ1) is 33.3. The molecular formula is C36H64N18O13S4. The maximum Gasteiger partial charge on any atom is 0.327 e. The van der Waals surface area contributed by atoms with Crippen LogP contribution in [0.1, 0.15) is 38.5 Å². The molecule has 0 fully saturated rings. The van der Waals surface area contributed by atoms with Crippen molar-refractivity contribution in [3.8, 4) is 0 Å². The summed E-state index contributed by atoms with van der Waals surface area (Å²) >= 11 is 16.0. The molecule has 0 aromatic rings. The average Bonchev–Trinajstić information content (AvgIpc) is 3.30. The lowest BCUT2D eigenvalue weighted by Gasteiger charge is -2.25. The maximum absolute atomic E-state index is 13.5. The van der Waals surface area contributed by atoms with E-state index in [4.69, 9.17) is 40.1 Å². The van der Waals surface area contributed by atoms with Crippen molar-refractivity contribution in [1.82, 2.24) is 47.9 Å². The van der Waals surface area contributed by atoms with Crippen molar-refractivity contribution in [2.75, 3.05) is 49.2 Å². The Morgan fingerprint density at radius 1 is 0.423 bits per heavy atom. The van der Waals surface area contributed by atoms with Gasteiger partial charge in [0.15, 0.2) is 11.9 Å². The molecule has 0 heterocycles. The Hall–Kier alpha value is -6.46. The molecule has 0 aromatic heterocycles. The van der Waals surface area contributed by atoms with Gasteiger partial charge in [-0.25, -0.2) is 4.79 Å². The van der Waals surface area contributed by atoms with Gasteiger partial charge in [-0.2, -0.15) is 50.5 Å². The van der Waals surface area contributed by atoms with Gasteiger partial charge in [0.05, 0.1) is 32.0 Å².